The lowest BCUT2D eigenvalue weighted by Crippen LogP contribution is -2.20. The standard InChI is InChI=1S/C22H18BrClN2O3/c23-19-12-16(24)9-10-20(19)29-14-22(28)26-18-8-4-7-17(13-18)25-21(27)11-15-5-2-1-3-6-15/h1-10,12-13H,11,14H2,(H,25,27)(H,26,28). The summed E-state index contributed by atoms with van der Waals surface area (Å²) in [5.74, 6) is 0.0710. The molecular formula is C22H18BrClN2O3. The van der Waals surface area contributed by atoms with Gasteiger partial charge in [-0.15, -0.1) is 0 Å². The number of benzene rings is 3. The van der Waals surface area contributed by atoms with Gasteiger partial charge in [0.1, 0.15) is 5.75 Å². The Morgan fingerprint density at radius 2 is 1.55 bits per heavy atom. The van der Waals surface area contributed by atoms with E-state index in [1.54, 1.807) is 42.5 Å². The molecule has 3 aromatic carbocycles. The average Bonchev–Trinajstić information content (AvgIpc) is 2.68. The van der Waals surface area contributed by atoms with E-state index in [2.05, 4.69) is 26.6 Å². The molecule has 29 heavy (non-hydrogen) atoms. The highest BCUT2D eigenvalue weighted by Crippen LogP contribution is 2.28. The van der Waals surface area contributed by atoms with Gasteiger partial charge in [0.05, 0.1) is 10.9 Å². The average molecular weight is 474 g/mol. The predicted molar refractivity (Wildman–Crippen MR) is 118 cm³/mol. The summed E-state index contributed by atoms with van der Waals surface area (Å²) in [5, 5.41) is 6.15. The number of carbonyl (C=O) groups excluding carboxylic acids is 2. The van der Waals surface area contributed by atoms with Crippen molar-refractivity contribution < 1.29 is 14.3 Å². The molecule has 0 spiro atoms. The van der Waals surface area contributed by atoms with E-state index in [-0.39, 0.29) is 24.8 Å². The summed E-state index contributed by atoms with van der Waals surface area (Å²) in [6.07, 6.45) is 0.279. The highest BCUT2D eigenvalue weighted by atomic mass is 79.9. The molecule has 0 heterocycles. The van der Waals surface area contributed by atoms with Crippen LogP contribution in [0.3, 0.4) is 0 Å². The number of amides is 2. The summed E-state index contributed by atoms with van der Waals surface area (Å²) >= 11 is 9.23. The molecule has 5 nitrogen and oxygen atoms in total. The highest BCUT2D eigenvalue weighted by molar-refractivity contribution is 9.10. The van der Waals surface area contributed by atoms with Crippen LogP contribution < -0.4 is 15.4 Å². The van der Waals surface area contributed by atoms with Gasteiger partial charge in [0.25, 0.3) is 5.91 Å². The van der Waals surface area contributed by atoms with Gasteiger partial charge >= 0.3 is 0 Å². The van der Waals surface area contributed by atoms with Crippen molar-refractivity contribution in [1.29, 1.82) is 0 Å². The minimum atomic E-state index is -0.320. The first-order valence-electron chi connectivity index (χ1n) is 8.81. The molecule has 0 aliphatic carbocycles. The van der Waals surface area contributed by atoms with E-state index in [0.29, 0.717) is 26.6 Å². The first kappa shape index (κ1) is 20.9. The molecule has 148 valence electrons. The second-order valence-electron chi connectivity index (χ2n) is 6.20. The van der Waals surface area contributed by atoms with Crippen LogP contribution in [0.1, 0.15) is 5.56 Å². The second kappa shape index (κ2) is 10.1. The molecule has 2 N–H and O–H groups in total. The Bertz CT molecular complexity index is 1010. The number of rotatable bonds is 7. The molecule has 3 aromatic rings. The van der Waals surface area contributed by atoms with Gasteiger partial charge in [-0.05, 0) is 57.9 Å². The van der Waals surface area contributed by atoms with Crippen molar-refractivity contribution in [1.82, 2.24) is 0 Å². The van der Waals surface area contributed by atoms with Gasteiger partial charge in [-0.2, -0.15) is 0 Å². The van der Waals surface area contributed by atoms with E-state index in [9.17, 15) is 9.59 Å². The van der Waals surface area contributed by atoms with Gasteiger partial charge < -0.3 is 15.4 Å². The number of carbonyl (C=O) groups is 2. The first-order valence-corrected chi connectivity index (χ1v) is 9.98. The summed E-state index contributed by atoms with van der Waals surface area (Å²) in [5.41, 5.74) is 2.09. The van der Waals surface area contributed by atoms with E-state index < -0.39 is 0 Å². The maximum absolute atomic E-state index is 12.2. The summed E-state index contributed by atoms with van der Waals surface area (Å²) < 4.78 is 6.17. The molecule has 7 heteroatoms. The van der Waals surface area contributed by atoms with Crippen molar-refractivity contribution in [2.24, 2.45) is 0 Å². The number of anilines is 2. The van der Waals surface area contributed by atoms with E-state index in [1.165, 1.54) is 0 Å². The molecule has 0 bridgehead atoms. The van der Waals surface area contributed by atoms with Crippen LogP contribution in [0.4, 0.5) is 11.4 Å². The largest absolute Gasteiger partial charge is 0.483 e. The first-order chi connectivity index (χ1) is 14.0. The molecule has 0 aliphatic heterocycles. The van der Waals surface area contributed by atoms with Gasteiger partial charge in [0.15, 0.2) is 6.61 Å². The minimum Gasteiger partial charge on any atom is -0.483 e. The summed E-state index contributed by atoms with van der Waals surface area (Å²) in [7, 11) is 0. The van der Waals surface area contributed by atoms with Crippen molar-refractivity contribution in [2.45, 2.75) is 6.42 Å². The van der Waals surface area contributed by atoms with Gasteiger partial charge in [0, 0.05) is 16.4 Å². The van der Waals surface area contributed by atoms with Crippen molar-refractivity contribution >= 4 is 50.7 Å². The van der Waals surface area contributed by atoms with Gasteiger partial charge in [-0.3, -0.25) is 9.59 Å². The predicted octanol–water partition coefficient (Wildman–Crippen LogP) is 5.30. The Balaban J connectivity index is 1.53. The second-order valence-corrected chi connectivity index (χ2v) is 7.49. The third-order valence-electron chi connectivity index (χ3n) is 3.89. The normalized spacial score (nSPS) is 10.3. The van der Waals surface area contributed by atoms with Crippen LogP contribution >= 0.6 is 27.5 Å². The van der Waals surface area contributed by atoms with Crippen LogP contribution in [0.15, 0.2) is 77.3 Å². The number of halogens is 2. The van der Waals surface area contributed by atoms with Crippen molar-refractivity contribution in [3.8, 4) is 5.75 Å². The molecule has 0 saturated carbocycles. The maximum Gasteiger partial charge on any atom is 0.262 e. The molecule has 0 unspecified atom stereocenters. The molecule has 0 aromatic heterocycles. The zero-order valence-electron chi connectivity index (χ0n) is 15.3. The van der Waals surface area contributed by atoms with Crippen LogP contribution in [0.25, 0.3) is 0 Å². The third-order valence-corrected chi connectivity index (χ3v) is 4.75. The number of hydrogen-bond donors (Lipinski definition) is 2. The minimum absolute atomic E-state index is 0.129. The molecule has 2 amide bonds. The maximum atomic E-state index is 12.2. The zero-order chi connectivity index (χ0) is 20.6. The molecule has 0 atom stereocenters. The Morgan fingerprint density at radius 3 is 2.24 bits per heavy atom. The Morgan fingerprint density at radius 1 is 0.862 bits per heavy atom. The van der Waals surface area contributed by atoms with Gasteiger partial charge in [-0.25, -0.2) is 0 Å². The van der Waals surface area contributed by atoms with Crippen LogP contribution in [-0.2, 0) is 16.0 Å². The van der Waals surface area contributed by atoms with E-state index in [4.69, 9.17) is 16.3 Å². The fourth-order valence-electron chi connectivity index (χ4n) is 2.59. The van der Waals surface area contributed by atoms with Gasteiger partial charge in [0.2, 0.25) is 5.91 Å². The number of hydrogen-bond acceptors (Lipinski definition) is 3. The summed E-state index contributed by atoms with van der Waals surface area (Å²) in [4.78, 5) is 24.4. The molecule has 0 saturated heterocycles. The number of ether oxygens (including phenoxy) is 1. The lowest BCUT2D eigenvalue weighted by Gasteiger charge is -2.11. The van der Waals surface area contributed by atoms with Crippen molar-refractivity contribution in [2.75, 3.05) is 17.2 Å². The van der Waals surface area contributed by atoms with Crippen LogP contribution in [0.2, 0.25) is 5.02 Å². The molecule has 0 aliphatic rings. The van der Waals surface area contributed by atoms with Crippen LogP contribution in [-0.4, -0.2) is 18.4 Å². The highest BCUT2D eigenvalue weighted by Gasteiger charge is 2.08. The van der Waals surface area contributed by atoms with Crippen LogP contribution in [0, 0.1) is 0 Å². The SMILES string of the molecule is O=C(COc1ccc(Cl)cc1Br)Nc1cccc(NC(=O)Cc2ccccc2)c1. The molecule has 0 fully saturated rings. The van der Waals surface area contributed by atoms with Crippen molar-refractivity contribution in [3.05, 3.63) is 87.9 Å². The van der Waals surface area contributed by atoms with E-state index >= 15 is 0 Å². The quantitative estimate of drug-likeness (QED) is 0.489. The Kier molecular flexibility index (Phi) is 7.27. The zero-order valence-corrected chi connectivity index (χ0v) is 17.7. The van der Waals surface area contributed by atoms with Gasteiger partial charge in [-0.1, -0.05) is 48.0 Å². The summed E-state index contributed by atoms with van der Waals surface area (Å²) in [6, 6.07) is 21.5. The smallest absolute Gasteiger partial charge is 0.262 e. The topological polar surface area (TPSA) is 67.4 Å². The summed E-state index contributed by atoms with van der Waals surface area (Å²) in [6.45, 7) is -0.162. The molecule has 3 rings (SSSR count). The Hall–Kier alpha value is -2.83. The lowest BCUT2D eigenvalue weighted by molar-refractivity contribution is -0.118. The molecular weight excluding hydrogens is 456 g/mol. The lowest BCUT2D eigenvalue weighted by atomic mass is 10.1. The Labute approximate surface area is 182 Å². The number of nitrogens with one attached hydrogen (secondary N) is 2. The van der Waals surface area contributed by atoms with E-state index in [1.807, 2.05) is 30.3 Å². The fraction of sp³-hybridized carbons (Fsp3) is 0.0909. The fourth-order valence-corrected chi connectivity index (χ4v) is 3.39. The van der Waals surface area contributed by atoms with E-state index in [0.717, 1.165) is 5.56 Å². The van der Waals surface area contributed by atoms with Crippen LogP contribution in [0.5, 0.6) is 5.75 Å². The van der Waals surface area contributed by atoms with Crippen molar-refractivity contribution in [3.63, 3.8) is 0 Å². The monoisotopic (exact) mass is 472 g/mol. The third kappa shape index (κ3) is 6.62. The molecule has 0 radical (unpaired) electrons.